The zero-order chi connectivity index (χ0) is 18.0. The van der Waals surface area contributed by atoms with Crippen molar-refractivity contribution in [3.05, 3.63) is 65.5 Å². The van der Waals surface area contributed by atoms with Crippen LogP contribution in [0, 0.1) is 0 Å². The molecule has 0 bridgehead atoms. The molecule has 0 radical (unpaired) electrons. The summed E-state index contributed by atoms with van der Waals surface area (Å²) in [6.07, 6.45) is -4.36. The van der Waals surface area contributed by atoms with Crippen molar-refractivity contribution < 1.29 is 18.0 Å². The minimum absolute atomic E-state index is 0.0160. The number of amides is 1. The van der Waals surface area contributed by atoms with E-state index in [9.17, 15) is 18.0 Å². The zero-order valence-electron chi connectivity index (χ0n) is 13.5. The zero-order valence-corrected chi connectivity index (χ0v) is 13.5. The Morgan fingerprint density at radius 2 is 1.80 bits per heavy atom. The molecule has 0 aliphatic heterocycles. The number of carbonyl (C=O) groups excluding carboxylic acids is 1. The fraction of sp³-hybridized carbons (Fsp3) is 0.222. The summed E-state index contributed by atoms with van der Waals surface area (Å²) in [6.45, 7) is 0.255. The van der Waals surface area contributed by atoms with E-state index in [0.29, 0.717) is 11.4 Å². The topological polar surface area (TPSA) is 46.9 Å². The van der Waals surface area contributed by atoms with Crippen molar-refractivity contribution >= 4 is 16.9 Å². The maximum Gasteiger partial charge on any atom is 0.416 e. The first-order chi connectivity index (χ1) is 11.8. The molecule has 0 saturated carbocycles. The Bertz CT molecular complexity index is 898. The lowest BCUT2D eigenvalue weighted by atomic mass is 10.1. The Morgan fingerprint density at radius 3 is 2.44 bits per heavy atom. The van der Waals surface area contributed by atoms with Gasteiger partial charge in [-0.2, -0.15) is 13.2 Å². The first kappa shape index (κ1) is 17.0. The van der Waals surface area contributed by atoms with E-state index in [1.165, 1.54) is 12.1 Å². The molecule has 2 aromatic carbocycles. The Morgan fingerprint density at radius 1 is 1.12 bits per heavy atom. The van der Waals surface area contributed by atoms with Crippen LogP contribution in [0.1, 0.15) is 17.0 Å². The van der Waals surface area contributed by atoms with Crippen LogP contribution in [0.25, 0.3) is 11.0 Å². The molecule has 7 heteroatoms. The SMILES string of the molecule is Cn1c(CNC(=O)Cc2ccc(C(F)(F)F)cc2)nc2ccccc21. The van der Waals surface area contributed by atoms with Crippen molar-refractivity contribution in [1.82, 2.24) is 14.9 Å². The predicted molar refractivity (Wildman–Crippen MR) is 87.7 cm³/mol. The van der Waals surface area contributed by atoms with Gasteiger partial charge in [-0.3, -0.25) is 4.79 Å². The van der Waals surface area contributed by atoms with Gasteiger partial charge in [0.25, 0.3) is 0 Å². The standard InChI is InChI=1S/C18H16F3N3O/c1-24-15-5-3-2-4-14(15)23-16(24)11-22-17(25)10-12-6-8-13(9-7-12)18(19,20)21/h2-9H,10-11H2,1H3,(H,22,25). The molecule has 1 aromatic heterocycles. The first-order valence-electron chi connectivity index (χ1n) is 7.68. The highest BCUT2D eigenvalue weighted by atomic mass is 19.4. The van der Waals surface area contributed by atoms with Gasteiger partial charge in [0.2, 0.25) is 5.91 Å². The lowest BCUT2D eigenvalue weighted by Crippen LogP contribution is -2.26. The third-order valence-corrected chi connectivity index (χ3v) is 3.97. The number of carbonyl (C=O) groups is 1. The van der Waals surface area contributed by atoms with Gasteiger partial charge in [0.15, 0.2) is 0 Å². The summed E-state index contributed by atoms with van der Waals surface area (Å²) in [5, 5.41) is 2.75. The number of nitrogens with one attached hydrogen (secondary N) is 1. The molecule has 0 aliphatic rings. The van der Waals surface area contributed by atoms with Gasteiger partial charge >= 0.3 is 6.18 Å². The minimum Gasteiger partial charge on any atom is -0.349 e. The smallest absolute Gasteiger partial charge is 0.349 e. The number of aryl methyl sites for hydroxylation is 1. The fourth-order valence-electron chi connectivity index (χ4n) is 2.59. The number of hydrogen-bond donors (Lipinski definition) is 1. The number of imidazole rings is 1. The molecular formula is C18H16F3N3O. The third-order valence-electron chi connectivity index (χ3n) is 3.97. The molecule has 3 aromatic rings. The fourth-order valence-corrected chi connectivity index (χ4v) is 2.59. The summed E-state index contributed by atoms with van der Waals surface area (Å²) in [5.74, 6) is 0.439. The van der Waals surface area contributed by atoms with Crippen LogP contribution in [0.4, 0.5) is 13.2 Å². The Hall–Kier alpha value is -2.83. The maximum atomic E-state index is 12.5. The summed E-state index contributed by atoms with van der Waals surface area (Å²) in [6, 6.07) is 12.2. The second-order valence-electron chi connectivity index (χ2n) is 5.72. The molecule has 0 unspecified atom stereocenters. The van der Waals surface area contributed by atoms with Gasteiger partial charge in [-0.1, -0.05) is 24.3 Å². The van der Waals surface area contributed by atoms with Gasteiger partial charge in [-0.15, -0.1) is 0 Å². The summed E-state index contributed by atoms with van der Waals surface area (Å²) in [7, 11) is 1.87. The predicted octanol–water partition coefficient (Wildman–Crippen LogP) is 3.45. The number of alkyl halides is 3. The molecule has 1 amide bonds. The van der Waals surface area contributed by atoms with Crippen LogP contribution >= 0.6 is 0 Å². The second kappa shape index (κ2) is 6.58. The van der Waals surface area contributed by atoms with Crippen LogP contribution in [0.2, 0.25) is 0 Å². The third kappa shape index (κ3) is 3.81. The number of aromatic nitrogens is 2. The molecule has 4 nitrogen and oxygen atoms in total. The summed E-state index contributed by atoms with van der Waals surface area (Å²) >= 11 is 0. The average molecular weight is 347 g/mol. The van der Waals surface area contributed by atoms with Crippen LogP contribution in [0.15, 0.2) is 48.5 Å². The highest BCUT2D eigenvalue weighted by Gasteiger charge is 2.29. The average Bonchev–Trinajstić information content (AvgIpc) is 2.89. The van der Waals surface area contributed by atoms with E-state index in [1.807, 2.05) is 35.9 Å². The number of benzene rings is 2. The molecule has 1 N–H and O–H groups in total. The number of fused-ring (bicyclic) bond motifs is 1. The van der Waals surface area contributed by atoms with E-state index >= 15 is 0 Å². The summed E-state index contributed by atoms with van der Waals surface area (Å²) < 4.78 is 39.5. The van der Waals surface area contributed by atoms with Gasteiger partial charge in [-0.05, 0) is 29.8 Å². The monoisotopic (exact) mass is 347 g/mol. The largest absolute Gasteiger partial charge is 0.416 e. The molecule has 0 aliphatic carbocycles. The summed E-state index contributed by atoms with van der Waals surface area (Å²) in [5.41, 5.74) is 1.61. The molecule has 0 spiro atoms. The summed E-state index contributed by atoms with van der Waals surface area (Å²) in [4.78, 5) is 16.5. The number of rotatable bonds is 4. The first-order valence-corrected chi connectivity index (χ1v) is 7.68. The van der Waals surface area contributed by atoms with Crippen molar-refractivity contribution in [3.63, 3.8) is 0 Å². The molecule has 1 heterocycles. The Balaban J connectivity index is 1.61. The van der Waals surface area contributed by atoms with Crippen molar-refractivity contribution in [3.8, 4) is 0 Å². The van der Waals surface area contributed by atoms with Gasteiger partial charge in [0, 0.05) is 7.05 Å². The van der Waals surface area contributed by atoms with E-state index in [1.54, 1.807) is 0 Å². The van der Waals surface area contributed by atoms with Crippen molar-refractivity contribution in [1.29, 1.82) is 0 Å². The number of para-hydroxylation sites is 2. The second-order valence-corrected chi connectivity index (χ2v) is 5.72. The lowest BCUT2D eigenvalue weighted by molar-refractivity contribution is -0.137. The van der Waals surface area contributed by atoms with Crippen LogP contribution in [0.3, 0.4) is 0 Å². The van der Waals surface area contributed by atoms with Crippen LogP contribution < -0.4 is 5.32 Å². The molecule has 130 valence electrons. The number of halogens is 3. The van der Waals surface area contributed by atoms with E-state index < -0.39 is 11.7 Å². The van der Waals surface area contributed by atoms with Gasteiger partial charge < -0.3 is 9.88 Å². The molecule has 3 rings (SSSR count). The van der Waals surface area contributed by atoms with Crippen LogP contribution in [-0.2, 0) is 31.0 Å². The Labute approximate surface area is 142 Å². The van der Waals surface area contributed by atoms with Crippen LogP contribution in [-0.4, -0.2) is 15.5 Å². The minimum atomic E-state index is -4.37. The molecule has 0 fully saturated rings. The molecular weight excluding hydrogens is 331 g/mol. The normalized spacial score (nSPS) is 11.7. The quantitative estimate of drug-likeness (QED) is 0.786. The molecule has 25 heavy (non-hydrogen) atoms. The molecule has 0 saturated heterocycles. The highest BCUT2D eigenvalue weighted by Crippen LogP contribution is 2.29. The van der Waals surface area contributed by atoms with Gasteiger partial charge in [0.1, 0.15) is 5.82 Å². The number of nitrogens with zero attached hydrogens (tertiary/aromatic N) is 2. The lowest BCUT2D eigenvalue weighted by Gasteiger charge is -2.08. The van der Waals surface area contributed by atoms with Crippen molar-refractivity contribution in [2.45, 2.75) is 19.1 Å². The van der Waals surface area contributed by atoms with Gasteiger partial charge in [0.05, 0.1) is 29.6 Å². The maximum absolute atomic E-state index is 12.5. The Kier molecular flexibility index (Phi) is 4.48. The molecule has 0 atom stereocenters. The van der Waals surface area contributed by atoms with E-state index in [0.717, 1.165) is 23.2 Å². The van der Waals surface area contributed by atoms with E-state index in [-0.39, 0.29) is 18.9 Å². The van der Waals surface area contributed by atoms with Gasteiger partial charge in [-0.25, -0.2) is 4.98 Å². The van der Waals surface area contributed by atoms with Crippen molar-refractivity contribution in [2.75, 3.05) is 0 Å². The number of hydrogen-bond acceptors (Lipinski definition) is 2. The van der Waals surface area contributed by atoms with Crippen molar-refractivity contribution in [2.24, 2.45) is 7.05 Å². The van der Waals surface area contributed by atoms with Crippen LogP contribution in [0.5, 0.6) is 0 Å². The highest BCUT2D eigenvalue weighted by molar-refractivity contribution is 5.79. The van der Waals surface area contributed by atoms with E-state index in [4.69, 9.17) is 0 Å². The van der Waals surface area contributed by atoms with E-state index in [2.05, 4.69) is 10.3 Å².